The molecule has 0 unspecified atom stereocenters. The minimum atomic E-state index is -0.510. The smallest absolute Gasteiger partial charge is 0.339 e. The van der Waals surface area contributed by atoms with Crippen LogP contribution in [0.2, 0.25) is 0 Å². The molecule has 3 aromatic carbocycles. The number of esters is 1. The van der Waals surface area contributed by atoms with Gasteiger partial charge in [0.2, 0.25) is 5.78 Å². The molecule has 0 fully saturated rings. The van der Waals surface area contributed by atoms with Crippen LogP contribution in [0.4, 0.5) is 0 Å². The normalized spacial score (nSPS) is 13.7. The van der Waals surface area contributed by atoms with E-state index in [1.807, 2.05) is 74.5 Å². The summed E-state index contributed by atoms with van der Waals surface area (Å²) in [7, 11) is 0. The molecule has 35 heavy (non-hydrogen) atoms. The molecule has 5 heteroatoms. The molecular weight excluding hydrogens is 438 g/mol. The Morgan fingerprint density at radius 2 is 1.77 bits per heavy atom. The third kappa shape index (κ3) is 4.45. The zero-order valence-electron chi connectivity index (χ0n) is 19.7. The van der Waals surface area contributed by atoms with Crippen LogP contribution in [-0.2, 0) is 11.2 Å². The van der Waals surface area contributed by atoms with Gasteiger partial charge in [-0.15, -0.1) is 0 Å². The summed E-state index contributed by atoms with van der Waals surface area (Å²) in [6.45, 7) is 3.49. The molecule has 174 valence electrons. The number of phenolic OH excluding ortho intramolecular Hbond substituents is 1. The number of hydrogen-bond acceptors (Lipinski definition) is 5. The van der Waals surface area contributed by atoms with E-state index in [4.69, 9.17) is 9.72 Å². The summed E-state index contributed by atoms with van der Waals surface area (Å²) >= 11 is 0. The quantitative estimate of drug-likeness (QED) is 0.287. The zero-order valence-corrected chi connectivity index (χ0v) is 19.7. The Morgan fingerprint density at radius 3 is 2.57 bits per heavy atom. The number of aromatic hydroxyl groups is 1. The summed E-state index contributed by atoms with van der Waals surface area (Å²) in [5, 5.41) is 10.3. The van der Waals surface area contributed by atoms with Crippen LogP contribution in [0.25, 0.3) is 22.6 Å². The van der Waals surface area contributed by atoms with E-state index in [9.17, 15) is 14.7 Å². The number of rotatable bonds is 5. The standard InChI is InChI=1S/C30H25NO4/c1-18-7-8-19(2)25(15-18)27(33)17-35-30(34)28-23-5-3-4-6-26(23)31-29-21(11-14-24(28)29)16-20-9-12-22(32)13-10-20/h3-10,12-13,15-16,32H,11,14,17H2,1-2H3. The van der Waals surface area contributed by atoms with Gasteiger partial charge < -0.3 is 9.84 Å². The van der Waals surface area contributed by atoms with E-state index in [-0.39, 0.29) is 18.1 Å². The van der Waals surface area contributed by atoms with Crippen molar-refractivity contribution in [2.24, 2.45) is 0 Å². The number of ketones is 1. The second kappa shape index (κ2) is 9.18. The molecule has 5 nitrogen and oxygen atoms in total. The number of aryl methyl sites for hydroxylation is 2. The number of Topliss-reactive ketones (excluding diaryl/α,β-unsaturated/α-hetero) is 1. The summed E-state index contributed by atoms with van der Waals surface area (Å²) in [6, 6.07) is 20.2. The van der Waals surface area contributed by atoms with Gasteiger partial charge in [0.15, 0.2) is 6.61 Å². The minimum Gasteiger partial charge on any atom is -0.508 e. The number of benzene rings is 3. The van der Waals surface area contributed by atoms with Crippen LogP contribution in [0.15, 0.2) is 66.7 Å². The highest BCUT2D eigenvalue weighted by Gasteiger charge is 2.28. The first-order valence-corrected chi connectivity index (χ1v) is 11.6. The predicted octanol–water partition coefficient (Wildman–Crippen LogP) is 6.08. The minimum absolute atomic E-state index is 0.212. The van der Waals surface area contributed by atoms with Crippen molar-refractivity contribution in [3.8, 4) is 5.75 Å². The lowest BCUT2D eigenvalue weighted by Gasteiger charge is -2.13. The van der Waals surface area contributed by atoms with Crippen LogP contribution < -0.4 is 0 Å². The van der Waals surface area contributed by atoms with Crippen molar-refractivity contribution in [1.82, 2.24) is 4.98 Å². The summed E-state index contributed by atoms with van der Waals surface area (Å²) in [6.07, 6.45) is 3.43. The van der Waals surface area contributed by atoms with E-state index in [1.54, 1.807) is 12.1 Å². The van der Waals surface area contributed by atoms with Crippen molar-refractivity contribution in [3.05, 3.63) is 106 Å². The maximum Gasteiger partial charge on any atom is 0.339 e. The van der Waals surface area contributed by atoms with Crippen molar-refractivity contribution >= 4 is 34.3 Å². The molecule has 1 aliphatic rings. The van der Waals surface area contributed by atoms with Crippen molar-refractivity contribution in [2.45, 2.75) is 26.7 Å². The lowest BCUT2D eigenvalue weighted by atomic mass is 10.0. The maximum atomic E-state index is 13.4. The molecule has 0 radical (unpaired) electrons. The number of allylic oxidation sites excluding steroid dienone is 1. The van der Waals surface area contributed by atoms with Crippen molar-refractivity contribution in [1.29, 1.82) is 0 Å². The van der Waals surface area contributed by atoms with Gasteiger partial charge in [-0.25, -0.2) is 9.78 Å². The Morgan fingerprint density at radius 1 is 1.00 bits per heavy atom. The summed E-state index contributed by atoms with van der Waals surface area (Å²) in [5.74, 6) is -0.518. The van der Waals surface area contributed by atoms with Crippen LogP contribution in [0, 0.1) is 13.8 Å². The van der Waals surface area contributed by atoms with Crippen LogP contribution in [0.1, 0.15) is 55.1 Å². The Kier molecular flexibility index (Phi) is 5.91. The highest BCUT2D eigenvalue weighted by Crippen LogP contribution is 2.38. The number of fused-ring (bicyclic) bond motifs is 2. The molecule has 1 aliphatic carbocycles. The molecule has 5 rings (SSSR count). The number of carbonyl (C=O) groups is 2. The predicted molar refractivity (Wildman–Crippen MR) is 137 cm³/mol. The Balaban J connectivity index is 1.49. The van der Waals surface area contributed by atoms with Crippen molar-refractivity contribution < 1.29 is 19.4 Å². The third-order valence-electron chi connectivity index (χ3n) is 6.41. The number of carbonyl (C=O) groups excluding carboxylic acids is 2. The average Bonchev–Trinajstić information content (AvgIpc) is 3.25. The first kappa shape index (κ1) is 22.5. The van der Waals surface area contributed by atoms with E-state index in [2.05, 4.69) is 0 Å². The fourth-order valence-corrected chi connectivity index (χ4v) is 4.60. The summed E-state index contributed by atoms with van der Waals surface area (Å²) < 4.78 is 5.58. The molecule has 0 saturated carbocycles. The molecule has 0 atom stereocenters. The molecule has 0 bridgehead atoms. The average molecular weight is 464 g/mol. The largest absolute Gasteiger partial charge is 0.508 e. The van der Waals surface area contributed by atoms with Gasteiger partial charge in [0, 0.05) is 10.9 Å². The molecule has 0 saturated heterocycles. The molecule has 1 aromatic heterocycles. The second-order valence-electron chi connectivity index (χ2n) is 8.91. The topological polar surface area (TPSA) is 76.5 Å². The van der Waals surface area contributed by atoms with E-state index < -0.39 is 5.97 Å². The van der Waals surface area contributed by atoms with Crippen molar-refractivity contribution in [3.63, 3.8) is 0 Å². The molecule has 1 N–H and O–H groups in total. The first-order chi connectivity index (χ1) is 16.9. The fraction of sp³-hybridized carbons (Fsp3) is 0.167. The second-order valence-corrected chi connectivity index (χ2v) is 8.91. The number of phenols is 1. The molecule has 0 spiro atoms. The Hall–Kier alpha value is -4.25. The fourth-order valence-electron chi connectivity index (χ4n) is 4.60. The van der Waals surface area contributed by atoms with Gasteiger partial charge in [-0.1, -0.05) is 48.0 Å². The van der Waals surface area contributed by atoms with Crippen LogP contribution in [0.5, 0.6) is 5.75 Å². The van der Waals surface area contributed by atoms with Crippen LogP contribution in [0.3, 0.4) is 0 Å². The third-order valence-corrected chi connectivity index (χ3v) is 6.41. The number of para-hydroxylation sites is 1. The van der Waals surface area contributed by atoms with Crippen LogP contribution >= 0.6 is 0 Å². The van der Waals surface area contributed by atoms with Gasteiger partial charge in [-0.2, -0.15) is 0 Å². The lowest BCUT2D eigenvalue weighted by molar-refractivity contribution is 0.0475. The van der Waals surface area contributed by atoms with Gasteiger partial charge in [-0.3, -0.25) is 4.79 Å². The number of ether oxygens (including phenoxy) is 1. The van der Waals surface area contributed by atoms with Gasteiger partial charge in [0.25, 0.3) is 0 Å². The molecule has 0 aliphatic heterocycles. The monoisotopic (exact) mass is 463 g/mol. The van der Waals surface area contributed by atoms with Gasteiger partial charge in [-0.05, 0) is 79.3 Å². The summed E-state index contributed by atoms with van der Waals surface area (Å²) in [5.41, 5.74) is 7.20. The zero-order chi connectivity index (χ0) is 24.5. The molecular formula is C30H25NO4. The van der Waals surface area contributed by atoms with E-state index in [0.29, 0.717) is 23.1 Å². The van der Waals surface area contributed by atoms with Crippen molar-refractivity contribution in [2.75, 3.05) is 6.61 Å². The molecule has 4 aromatic rings. The summed E-state index contributed by atoms with van der Waals surface area (Å²) in [4.78, 5) is 31.0. The number of pyridine rings is 1. The number of aromatic nitrogens is 1. The van der Waals surface area contributed by atoms with E-state index in [1.165, 1.54) is 0 Å². The van der Waals surface area contributed by atoms with Gasteiger partial charge in [0.1, 0.15) is 5.75 Å². The van der Waals surface area contributed by atoms with E-state index in [0.717, 1.165) is 45.3 Å². The number of hydrogen-bond donors (Lipinski definition) is 1. The Bertz CT molecular complexity index is 1500. The van der Waals surface area contributed by atoms with Gasteiger partial charge >= 0.3 is 5.97 Å². The number of nitrogens with zero attached hydrogens (tertiary/aromatic N) is 1. The first-order valence-electron chi connectivity index (χ1n) is 11.6. The highest BCUT2D eigenvalue weighted by molar-refractivity contribution is 6.08. The van der Waals surface area contributed by atoms with E-state index >= 15 is 0 Å². The Labute approximate surface area is 203 Å². The maximum absolute atomic E-state index is 13.4. The lowest BCUT2D eigenvalue weighted by Crippen LogP contribution is -2.17. The van der Waals surface area contributed by atoms with Gasteiger partial charge in [0.05, 0.1) is 16.8 Å². The van der Waals surface area contributed by atoms with Crippen LogP contribution in [-0.4, -0.2) is 28.4 Å². The SMILES string of the molecule is Cc1ccc(C)c(C(=O)COC(=O)c2c3c(nc4ccccc24)C(=Cc2ccc(O)cc2)CC3)c1. The molecule has 1 heterocycles. The molecule has 0 amide bonds. The highest BCUT2D eigenvalue weighted by atomic mass is 16.5.